The second kappa shape index (κ2) is 5.95. The summed E-state index contributed by atoms with van der Waals surface area (Å²) in [5.41, 5.74) is 7.94. The molecule has 106 valence electrons. The normalized spacial score (nSPS) is 11.5. The third-order valence-electron chi connectivity index (χ3n) is 2.98. The van der Waals surface area contributed by atoms with Gasteiger partial charge in [-0.2, -0.15) is 0 Å². The minimum Gasteiger partial charge on any atom is -0.398 e. The minimum absolute atomic E-state index is 0.0838. The van der Waals surface area contributed by atoms with Crippen LogP contribution in [0.2, 0.25) is 0 Å². The monoisotopic (exact) mass is 354 g/mol. The molecule has 0 bridgehead atoms. The van der Waals surface area contributed by atoms with Crippen molar-refractivity contribution in [2.75, 3.05) is 5.73 Å². The largest absolute Gasteiger partial charge is 0.398 e. The highest BCUT2D eigenvalue weighted by atomic mass is 79.9. The van der Waals surface area contributed by atoms with E-state index in [9.17, 15) is 8.42 Å². The summed E-state index contributed by atoms with van der Waals surface area (Å²) in [6.07, 6.45) is 0. The van der Waals surface area contributed by atoms with Crippen molar-refractivity contribution >= 4 is 31.6 Å². The highest BCUT2D eigenvalue weighted by Crippen LogP contribution is 2.23. The topological polar surface area (TPSA) is 72.2 Å². The van der Waals surface area contributed by atoms with Gasteiger partial charge in [0.2, 0.25) is 10.0 Å². The van der Waals surface area contributed by atoms with E-state index in [1.165, 1.54) is 6.07 Å². The molecule has 0 aliphatic heterocycles. The van der Waals surface area contributed by atoms with Crippen LogP contribution in [0.25, 0.3) is 0 Å². The van der Waals surface area contributed by atoms with Crippen molar-refractivity contribution in [1.29, 1.82) is 0 Å². The summed E-state index contributed by atoms with van der Waals surface area (Å²) < 4.78 is 27.8. The molecule has 0 spiro atoms. The van der Waals surface area contributed by atoms with Crippen LogP contribution in [0.1, 0.15) is 11.1 Å². The van der Waals surface area contributed by atoms with E-state index in [1.54, 1.807) is 12.1 Å². The molecule has 2 aromatic rings. The first kappa shape index (κ1) is 15.0. The van der Waals surface area contributed by atoms with Gasteiger partial charge in [-0.25, -0.2) is 13.1 Å². The Balaban J connectivity index is 2.24. The van der Waals surface area contributed by atoms with Crippen molar-refractivity contribution < 1.29 is 8.42 Å². The molecule has 2 rings (SSSR count). The van der Waals surface area contributed by atoms with E-state index >= 15 is 0 Å². The van der Waals surface area contributed by atoms with Crippen molar-refractivity contribution in [1.82, 2.24) is 4.72 Å². The molecule has 20 heavy (non-hydrogen) atoms. The van der Waals surface area contributed by atoms with E-state index in [2.05, 4.69) is 20.7 Å². The summed E-state index contributed by atoms with van der Waals surface area (Å²) in [5, 5.41) is 0. The molecular weight excluding hydrogens is 340 g/mol. The van der Waals surface area contributed by atoms with Crippen molar-refractivity contribution in [3.8, 4) is 0 Å². The van der Waals surface area contributed by atoms with Gasteiger partial charge in [-0.3, -0.25) is 0 Å². The number of aryl methyl sites for hydroxylation is 1. The Labute approximate surface area is 127 Å². The van der Waals surface area contributed by atoms with Crippen LogP contribution in [0.15, 0.2) is 51.8 Å². The molecule has 0 aliphatic rings. The maximum absolute atomic E-state index is 12.3. The van der Waals surface area contributed by atoms with Crippen LogP contribution in [0.3, 0.4) is 0 Å². The molecule has 6 heteroatoms. The molecule has 4 nitrogen and oxygen atoms in total. The predicted molar refractivity (Wildman–Crippen MR) is 83.8 cm³/mol. The van der Waals surface area contributed by atoms with Gasteiger partial charge in [0.15, 0.2) is 0 Å². The second-order valence-corrected chi connectivity index (χ2v) is 7.08. The molecule has 2 aromatic carbocycles. The molecule has 0 aliphatic carbocycles. The lowest BCUT2D eigenvalue weighted by Crippen LogP contribution is -2.24. The highest BCUT2D eigenvalue weighted by Gasteiger charge is 2.17. The number of sulfonamides is 1. The van der Waals surface area contributed by atoms with Gasteiger partial charge in [-0.15, -0.1) is 0 Å². The lowest BCUT2D eigenvalue weighted by atomic mass is 10.1. The Kier molecular flexibility index (Phi) is 4.47. The Morgan fingerprint density at radius 2 is 1.90 bits per heavy atom. The summed E-state index contributed by atoms with van der Waals surface area (Å²) in [4.78, 5) is 0.0838. The molecule has 0 fully saturated rings. The van der Waals surface area contributed by atoms with Crippen LogP contribution in [0, 0.1) is 6.92 Å². The molecular formula is C14H15BrN2O2S. The number of nitrogens with one attached hydrogen (secondary N) is 1. The second-order valence-electron chi connectivity index (χ2n) is 4.43. The summed E-state index contributed by atoms with van der Waals surface area (Å²) in [6.45, 7) is 2.18. The van der Waals surface area contributed by atoms with Crippen LogP contribution in [-0.2, 0) is 16.6 Å². The van der Waals surface area contributed by atoms with Crippen LogP contribution >= 0.6 is 15.9 Å². The summed E-state index contributed by atoms with van der Waals surface area (Å²) in [7, 11) is -3.63. The van der Waals surface area contributed by atoms with Gasteiger partial charge in [0.25, 0.3) is 0 Å². The van der Waals surface area contributed by atoms with E-state index in [4.69, 9.17) is 5.73 Å². The number of anilines is 1. The number of nitrogen functional groups attached to an aromatic ring is 1. The van der Waals surface area contributed by atoms with E-state index < -0.39 is 10.0 Å². The smallest absolute Gasteiger partial charge is 0.242 e. The maximum atomic E-state index is 12.3. The fourth-order valence-corrected chi connectivity index (χ4v) is 3.47. The van der Waals surface area contributed by atoms with E-state index in [0.717, 1.165) is 11.1 Å². The number of halogens is 1. The number of hydrogen-bond acceptors (Lipinski definition) is 3. The van der Waals surface area contributed by atoms with E-state index in [0.29, 0.717) is 4.47 Å². The summed E-state index contributed by atoms with van der Waals surface area (Å²) in [6, 6.07) is 12.4. The average Bonchev–Trinajstić information content (AvgIpc) is 2.40. The third kappa shape index (κ3) is 3.39. The van der Waals surface area contributed by atoms with E-state index in [-0.39, 0.29) is 17.1 Å². The van der Waals surface area contributed by atoms with Crippen molar-refractivity contribution in [3.05, 3.63) is 58.1 Å². The molecule has 0 saturated carbocycles. The first-order chi connectivity index (χ1) is 9.40. The van der Waals surface area contributed by atoms with Crippen LogP contribution in [0.5, 0.6) is 0 Å². The number of benzene rings is 2. The lowest BCUT2D eigenvalue weighted by Gasteiger charge is -2.11. The quantitative estimate of drug-likeness (QED) is 0.829. The molecule has 0 heterocycles. The molecule has 0 aromatic heterocycles. The van der Waals surface area contributed by atoms with Gasteiger partial charge in [-0.1, -0.05) is 40.2 Å². The molecule has 0 radical (unpaired) electrons. The van der Waals surface area contributed by atoms with Gasteiger partial charge in [0.1, 0.15) is 4.90 Å². The minimum atomic E-state index is -3.63. The van der Waals surface area contributed by atoms with Gasteiger partial charge in [0.05, 0.1) is 5.69 Å². The Hall–Kier alpha value is -1.37. The zero-order chi connectivity index (χ0) is 14.8. The lowest BCUT2D eigenvalue weighted by molar-refractivity contribution is 0.581. The molecule has 3 N–H and O–H groups in total. The average molecular weight is 355 g/mol. The van der Waals surface area contributed by atoms with Crippen LogP contribution in [-0.4, -0.2) is 8.42 Å². The Morgan fingerprint density at radius 1 is 1.20 bits per heavy atom. The molecule has 0 unspecified atom stereocenters. The van der Waals surface area contributed by atoms with Crippen molar-refractivity contribution in [3.63, 3.8) is 0 Å². The molecule has 0 amide bonds. The Morgan fingerprint density at radius 3 is 2.60 bits per heavy atom. The molecule has 0 atom stereocenters. The summed E-state index contributed by atoms with van der Waals surface area (Å²) >= 11 is 3.25. The van der Waals surface area contributed by atoms with Crippen LogP contribution in [0.4, 0.5) is 5.69 Å². The standard InChI is InChI=1S/C14H15BrN2O2S/c1-10-4-2-3-5-11(10)9-17-20(18,19)14-8-12(15)6-7-13(14)16/h2-8,17H,9,16H2,1H3. The first-order valence-corrected chi connectivity index (χ1v) is 8.27. The van der Waals surface area contributed by atoms with Gasteiger partial charge < -0.3 is 5.73 Å². The first-order valence-electron chi connectivity index (χ1n) is 5.99. The van der Waals surface area contributed by atoms with Gasteiger partial charge in [-0.05, 0) is 36.2 Å². The fourth-order valence-electron chi connectivity index (χ4n) is 1.80. The van der Waals surface area contributed by atoms with Gasteiger partial charge >= 0.3 is 0 Å². The summed E-state index contributed by atoms with van der Waals surface area (Å²) in [5.74, 6) is 0. The number of nitrogens with two attached hydrogens (primary N) is 1. The maximum Gasteiger partial charge on any atom is 0.242 e. The van der Waals surface area contributed by atoms with Crippen molar-refractivity contribution in [2.45, 2.75) is 18.4 Å². The zero-order valence-electron chi connectivity index (χ0n) is 10.9. The van der Waals surface area contributed by atoms with Gasteiger partial charge in [0, 0.05) is 11.0 Å². The molecule has 0 saturated heterocycles. The highest BCUT2D eigenvalue weighted by molar-refractivity contribution is 9.10. The Bertz CT molecular complexity index is 730. The number of hydrogen-bond donors (Lipinski definition) is 2. The van der Waals surface area contributed by atoms with Crippen LogP contribution < -0.4 is 10.5 Å². The SMILES string of the molecule is Cc1ccccc1CNS(=O)(=O)c1cc(Br)ccc1N. The third-order valence-corrected chi connectivity index (χ3v) is 4.93. The zero-order valence-corrected chi connectivity index (χ0v) is 13.3. The predicted octanol–water partition coefficient (Wildman–Crippen LogP) is 2.82. The van der Waals surface area contributed by atoms with E-state index in [1.807, 2.05) is 31.2 Å². The number of rotatable bonds is 4. The fraction of sp³-hybridized carbons (Fsp3) is 0.143. The van der Waals surface area contributed by atoms with Crippen molar-refractivity contribution in [2.24, 2.45) is 0 Å².